The summed E-state index contributed by atoms with van der Waals surface area (Å²) in [6, 6.07) is -0.341. The van der Waals surface area contributed by atoms with Gasteiger partial charge in [-0.05, 0) is 12.8 Å². The highest BCUT2D eigenvalue weighted by molar-refractivity contribution is 5.88. The Balaban J connectivity index is 0.00000324. The van der Waals surface area contributed by atoms with Crippen LogP contribution in [0.25, 0.3) is 0 Å². The van der Waals surface area contributed by atoms with E-state index in [2.05, 4.69) is 24.5 Å². The van der Waals surface area contributed by atoms with E-state index in [1.807, 2.05) is 4.90 Å². The molecule has 0 saturated carbocycles. The Bertz CT molecular complexity index is 285. The molecule has 1 aliphatic heterocycles. The third-order valence-electron chi connectivity index (χ3n) is 3.12. The fraction of sp³-hybridized carbons (Fsp3) is 0.846. The van der Waals surface area contributed by atoms with Crippen LogP contribution in [-0.4, -0.2) is 48.9 Å². The van der Waals surface area contributed by atoms with Crippen LogP contribution in [0.4, 0.5) is 0 Å². The number of rotatable bonds is 7. The first-order valence-electron chi connectivity index (χ1n) is 6.97. The van der Waals surface area contributed by atoms with Crippen molar-refractivity contribution in [2.24, 2.45) is 0 Å². The molecular formula is C13H26ClN3O2. The van der Waals surface area contributed by atoms with Crippen LogP contribution in [0.2, 0.25) is 0 Å². The van der Waals surface area contributed by atoms with Crippen molar-refractivity contribution in [1.82, 2.24) is 15.5 Å². The number of carbonyl (C=O) groups is 2. The predicted molar refractivity (Wildman–Crippen MR) is 78.4 cm³/mol. The largest absolute Gasteiger partial charge is 0.356 e. The second kappa shape index (κ2) is 10.0. The lowest BCUT2D eigenvalue weighted by Gasteiger charge is -2.32. The normalized spacial score (nSPS) is 18.9. The summed E-state index contributed by atoms with van der Waals surface area (Å²) in [4.78, 5) is 25.6. The highest BCUT2D eigenvalue weighted by atomic mass is 35.5. The van der Waals surface area contributed by atoms with E-state index in [1.165, 1.54) is 0 Å². The standard InChI is InChI=1S/C13H25N3O2.ClH/c1-3-5-6-15-12(17)10-11-13(18)16(8-4-2)9-7-14-11;/h11,14H,3-10H2,1-2H3,(H,15,17);1H. The van der Waals surface area contributed by atoms with Crippen molar-refractivity contribution in [1.29, 1.82) is 0 Å². The summed E-state index contributed by atoms with van der Waals surface area (Å²) in [5.41, 5.74) is 0. The van der Waals surface area contributed by atoms with Gasteiger partial charge in [0.15, 0.2) is 0 Å². The minimum absolute atomic E-state index is 0. The van der Waals surface area contributed by atoms with E-state index in [0.717, 1.165) is 38.9 Å². The van der Waals surface area contributed by atoms with Crippen LogP contribution in [0.1, 0.15) is 39.5 Å². The second-order valence-electron chi connectivity index (χ2n) is 4.74. The predicted octanol–water partition coefficient (Wildman–Crippen LogP) is 0.925. The number of nitrogens with one attached hydrogen (secondary N) is 2. The maximum atomic E-state index is 12.1. The number of amides is 2. The van der Waals surface area contributed by atoms with Crippen LogP contribution in [0.15, 0.2) is 0 Å². The third-order valence-corrected chi connectivity index (χ3v) is 3.12. The maximum absolute atomic E-state index is 12.1. The summed E-state index contributed by atoms with van der Waals surface area (Å²) < 4.78 is 0. The van der Waals surface area contributed by atoms with Gasteiger partial charge in [-0.15, -0.1) is 12.4 Å². The van der Waals surface area contributed by atoms with Gasteiger partial charge in [-0.3, -0.25) is 9.59 Å². The van der Waals surface area contributed by atoms with Gasteiger partial charge >= 0.3 is 0 Å². The van der Waals surface area contributed by atoms with Crippen molar-refractivity contribution in [3.8, 4) is 0 Å². The minimum atomic E-state index is -0.341. The number of hydrogen-bond acceptors (Lipinski definition) is 3. The van der Waals surface area contributed by atoms with Gasteiger partial charge in [0.05, 0.1) is 12.5 Å². The Labute approximate surface area is 121 Å². The van der Waals surface area contributed by atoms with Gasteiger partial charge in [0.2, 0.25) is 11.8 Å². The molecule has 5 nitrogen and oxygen atoms in total. The molecule has 0 bridgehead atoms. The topological polar surface area (TPSA) is 61.4 Å². The zero-order valence-corrected chi connectivity index (χ0v) is 12.7. The summed E-state index contributed by atoms with van der Waals surface area (Å²) in [6.07, 6.45) is 3.26. The molecule has 0 aliphatic carbocycles. The van der Waals surface area contributed by atoms with Crippen molar-refractivity contribution in [3.63, 3.8) is 0 Å². The number of piperazine rings is 1. The van der Waals surface area contributed by atoms with E-state index in [-0.39, 0.29) is 36.7 Å². The summed E-state index contributed by atoms with van der Waals surface area (Å²) >= 11 is 0. The maximum Gasteiger partial charge on any atom is 0.240 e. The molecule has 2 N–H and O–H groups in total. The Kier molecular flexibility index (Phi) is 9.61. The van der Waals surface area contributed by atoms with Crippen molar-refractivity contribution < 1.29 is 9.59 Å². The molecular weight excluding hydrogens is 266 g/mol. The molecule has 19 heavy (non-hydrogen) atoms. The first kappa shape index (κ1) is 18.2. The van der Waals surface area contributed by atoms with Gasteiger partial charge in [-0.2, -0.15) is 0 Å². The van der Waals surface area contributed by atoms with E-state index in [0.29, 0.717) is 6.54 Å². The lowest BCUT2D eigenvalue weighted by atomic mass is 10.1. The SMILES string of the molecule is CCCCNC(=O)CC1NCCN(CCC)C1=O.Cl. The van der Waals surface area contributed by atoms with Crippen LogP contribution in [-0.2, 0) is 9.59 Å². The molecule has 1 unspecified atom stereocenters. The zero-order valence-electron chi connectivity index (χ0n) is 11.9. The highest BCUT2D eigenvalue weighted by Gasteiger charge is 2.29. The molecule has 0 aromatic rings. The van der Waals surface area contributed by atoms with Crippen molar-refractivity contribution >= 4 is 24.2 Å². The van der Waals surface area contributed by atoms with E-state index < -0.39 is 0 Å². The fourth-order valence-corrected chi connectivity index (χ4v) is 2.11. The molecule has 1 aliphatic rings. The molecule has 112 valence electrons. The molecule has 0 radical (unpaired) electrons. The fourth-order valence-electron chi connectivity index (χ4n) is 2.11. The molecule has 6 heteroatoms. The van der Waals surface area contributed by atoms with Crippen LogP contribution < -0.4 is 10.6 Å². The van der Waals surface area contributed by atoms with Crippen molar-refractivity contribution in [2.75, 3.05) is 26.2 Å². The first-order valence-corrected chi connectivity index (χ1v) is 6.97. The molecule has 0 spiro atoms. The molecule has 1 atom stereocenters. The molecule has 1 heterocycles. The lowest BCUT2D eigenvalue weighted by Crippen LogP contribution is -2.56. The number of nitrogens with zero attached hydrogens (tertiary/aromatic N) is 1. The third kappa shape index (κ3) is 6.25. The van der Waals surface area contributed by atoms with Crippen molar-refractivity contribution in [3.05, 3.63) is 0 Å². The Morgan fingerprint density at radius 3 is 2.79 bits per heavy atom. The molecule has 0 aromatic carbocycles. The van der Waals surface area contributed by atoms with E-state index in [4.69, 9.17) is 0 Å². The average molecular weight is 292 g/mol. The lowest BCUT2D eigenvalue weighted by molar-refractivity contribution is -0.138. The highest BCUT2D eigenvalue weighted by Crippen LogP contribution is 2.05. The number of halogens is 1. The number of unbranched alkanes of at least 4 members (excludes halogenated alkanes) is 1. The monoisotopic (exact) mass is 291 g/mol. The average Bonchev–Trinajstić information content (AvgIpc) is 2.35. The molecule has 1 rings (SSSR count). The van der Waals surface area contributed by atoms with Gasteiger partial charge in [-0.25, -0.2) is 0 Å². The van der Waals surface area contributed by atoms with E-state index >= 15 is 0 Å². The van der Waals surface area contributed by atoms with E-state index in [1.54, 1.807) is 0 Å². The smallest absolute Gasteiger partial charge is 0.240 e. The Morgan fingerprint density at radius 1 is 1.42 bits per heavy atom. The van der Waals surface area contributed by atoms with Crippen molar-refractivity contribution in [2.45, 2.75) is 45.6 Å². The molecule has 0 aromatic heterocycles. The molecule has 1 fully saturated rings. The molecule has 1 saturated heterocycles. The van der Waals surface area contributed by atoms with Gasteiger partial charge in [-0.1, -0.05) is 20.3 Å². The minimum Gasteiger partial charge on any atom is -0.356 e. The van der Waals surface area contributed by atoms with Gasteiger partial charge < -0.3 is 15.5 Å². The summed E-state index contributed by atoms with van der Waals surface area (Å²) in [5.74, 6) is 0.0291. The van der Waals surface area contributed by atoms with Gasteiger partial charge in [0.25, 0.3) is 0 Å². The first-order chi connectivity index (χ1) is 8.69. The van der Waals surface area contributed by atoms with Crippen LogP contribution in [0, 0.1) is 0 Å². The van der Waals surface area contributed by atoms with Gasteiger partial charge in [0.1, 0.15) is 0 Å². The number of hydrogen-bond donors (Lipinski definition) is 2. The Morgan fingerprint density at radius 2 is 2.16 bits per heavy atom. The summed E-state index contributed by atoms with van der Waals surface area (Å²) in [6.45, 7) is 7.16. The van der Waals surface area contributed by atoms with Crippen LogP contribution >= 0.6 is 12.4 Å². The summed E-state index contributed by atoms with van der Waals surface area (Å²) in [7, 11) is 0. The Hall–Kier alpha value is -0.810. The van der Waals surface area contributed by atoms with Crippen LogP contribution in [0.5, 0.6) is 0 Å². The second-order valence-corrected chi connectivity index (χ2v) is 4.74. The van der Waals surface area contributed by atoms with E-state index in [9.17, 15) is 9.59 Å². The summed E-state index contributed by atoms with van der Waals surface area (Å²) in [5, 5.41) is 5.98. The van der Waals surface area contributed by atoms with Gasteiger partial charge in [0, 0.05) is 26.2 Å². The zero-order chi connectivity index (χ0) is 13.4. The quantitative estimate of drug-likeness (QED) is 0.686. The number of carbonyl (C=O) groups excluding carboxylic acids is 2. The molecule has 2 amide bonds. The van der Waals surface area contributed by atoms with Crippen LogP contribution in [0.3, 0.4) is 0 Å².